The Morgan fingerprint density at radius 1 is 1.12 bits per heavy atom. The maximum atomic E-state index is 11.9. The molecule has 0 radical (unpaired) electrons. The van der Waals surface area contributed by atoms with Gasteiger partial charge < -0.3 is 14.8 Å². The zero-order valence-electron chi connectivity index (χ0n) is 14.0. The second-order valence-electron chi connectivity index (χ2n) is 4.93. The number of anilines is 1. The molecule has 0 atom stereocenters. The topological polar surface area (TPSA) is 64.6 Å². The SMILES string of the molecule is COc1ccccc1/C=C/C(=O)OCC(=O)Nc1ccccc1SC. The minimum absolute atomic E-state index is 0.349. The summed E-state index contributed by atoms with van der Waals surface area (Å²) in [5.74, 6) is -0.335. The molecule has 0 aromatic heterocycles. The molecule has 5 nitrogen and oxygen atoms in total. The number of methoxy groups -OCH3 is 1. The van der Waals surface area contributed by atoms with E-state index in [9.17, 15) is 9.59 Å². The number of nitrogens with one attached hydrogen (secondary N) is 1. The highest BCUT2D eigenvalue weighted by atomic mass is 32.2. The number of carbonyl (C=O) groups excluding carboxylic acids is 2. The number of hydrogen-bond acceptors (Lipinski definition) is 5. The van der Waals surface area contributed by atoms with E-state index in [-0.39, 0.29) is 12.5 Å². The van der Waals surface area contributed by atoms with Gasteiger partial charge in [0.25, 0.3) is 5.91 Å². The molecule has 130 valence electrons. The first kappa shape index (κ1) is 18.6. The molecule has 0 aliphatic rings. The molecule has 0 saturated carbocycles. The van der Waals surface area contributed by atoms with Crippen LogP contribution in [0.2, 0.25) is 0 Å². The van der Waals surface area contributed by atoms with Gasteiger partial charge in [-0.15, -0.1) is 11.8 Å². The van der Waals surface area contributed by atoms with Crippen molar-refractivity contribution in [3.63, 3.8) is 0 Å². The van der Waals surface area contributed by atoms with Crippen LogP contribution >= 0.6 is 11.8 Å². The van der Waals surface area contributed by atoms with Crippen LogP contribution in [0.4, 0.5) is 5.69 Å². The first-order valence-electron chi connectivity index (χ1n) is 7.54. The van der Waals surface area contributed by atoms with Gasteiger partial charge in [-0.25, -0.2) is 4.79 Å². The molecule has 2 aromatic carbocycles. The Labute approximate surface area is 151 Å². The van der Waals surface area contributed by atoms with Gasteiger partial charge in [-0.05, 0) is 30.5 Å². The van der Waals surface area contributed by atoms with E-state index in [1.807, 2.05) is 42.7 Å². The van der Waals surface area contributed by atoms with E-state index in [1.165, 1.54) is 17.8 Å². The maximum absolute atomic E-state index is 11.9. The lowest BCUT2D eigenvalue weighted by Crippen LogP contribution is -2.20. The summed E-state index contributed by atoms with van der Waals surface area (Å²) >= 11 is 1.53. The van der Waals surface area contributed by atoms with Crippen molar-refractivity contribution in [1.29, 1.82) is 0 Å². The molecular formula is C19H19NO4S. The number of hydrogen-bond donors (Lipinski definition) is 1. The van der Waals surface area contributed by atoms with Crippen molar-refractivity contribution in [1.82, 2.24) is 0 Å². The van der Waals surface area contributed by atoms with Crippen molar-refractivity contribution in [2.24, 2.45) is 0 Å². The average molecular weight is 357 g/mol. The molecule has 1 N–H and O–H groups in total. The number of ether oxygens (including phenoxy) is 2. The van der Waals surface area contributed by atoms with Crippen molar-refractivity contribution < 1.29 is 19.1 Å². The van der Waals surface area contributed by atoms with Gasteiger partial charge >= 0.3 is 5.97 Å². The summed E-state index contributed by atoms with van der Waals surface area (Å²) in [7, 11) is 1.56. The van der Waals surface area contributed by atoms with Crippen LogP contribution in [-0.4, -0.2) is 31.8 Å². The molecule has 6 heteroatoms. The molecule has 0 heterocycles. The Balaban J connectivity index is 1.87. The van der Waals surface area contributed by atoms with Crippen LogP contribution in [0.15, 0.2) is 59.5 Å². The molecule has 2 rings (SSSR count). The van der Waals surface area contributed by atoms with Crippen LogP contribution in [0.1, 0.15) is 5.56 Å². The lowest BCUT2D eigenvalue weighted by atomic mass is 10.2. The Kier molecular flexibility index (Phi) is 7.10. The van der Waals surface area contributed by atoms with E-state index in [4.69, 9.17) is 9.47 Å². The summed E-state index contributed by atoms with van der Waals surface area (Å²) in [5, 5.41) is 2.73. The smallest absolute Gasteiger partial charge is 0.331 e. The number of carbonyl (C=O) groups is 2. The fourth-order valence-corrected chi connectivity index (χ4v) is 2.63. The molecular weight excluding hydrogens is 338 g/mol. The summed E-state index contributed by atoms with van der Waals surface area (Å²) in [6, 6.07) is 14.7. The Morgan fingerprint density at radius 2 is 1.84 bits per heavy atom. The Hall–Kier alpha value is -2.73. The van der Waals surface area contributed by atoms with Gasteiger partial charge in [-0.2, -0.15) is 0 Å². The number of para-hydroxylation sites is 2. The normalized spacial score (nSPS) is 10.5. The van der Waals surface area contributed by atoms with Gasteiger partial charge in [0, 0.05) is 16.5 Å². The van der Waals surface area contributed by atoms with E-state index >= 15 is 0 Å². The van der Waals surface area contributed by atoms with E-state index in [0.29, 0.717) is 11.4 Å². The van der Waals surface area contributed by atoms with Gasteiger partial charge in [0.1, 0.15) is 5.75 Å². The third-order valence-corrected chi connectivity index (χ3v) is 4.06. The van der Waals surface area contributed by atoms with Gasteiger partial charge in [-0.1, -0.05) is 30.3 Å². The van der Waals surface area contributed by atoms with Crippen LogP contribution in [0, 0.1) is 0 Å². The largest absolute Gasteiger partial charge is 0.496 e. The van der Waals surface area contributed by atoms with Gasteiger partial charge in [-0.3, -0.25) is 4.79 Å². The van der Waals surface area contributed by atoms with Crippen LogP contribution in [0.25, 0.3) is 6.08 Å². The summed E-state index contributed by atoms with van der Waals surface area (Å²) in [6.07, 6.45) is 4.77. The quantitative estimate of drug-likeness (QED) is 0.466. The van der Waals surface area contributed by atoms with Crippen LogP contribution in [-0.2, 0) is 14.3 Å². The minimum atomic E-state index is -0.598. The van der Waals surface area contributed by atoms with E-state index in [0.717, 1.165) is 10.5 Å². The van der Waals surface area contributed by atoms with Crippen LogP contribution in [0.3, 0.4) is 0 Å². The summed E-state index contributed by atoms with van der Waals surface area (Å²) in [6.45, 7) is -0.349. The summed E-state index contributed by atoms with van der Waals surface area (Å²) in [4.78, 5) is 24.6. The fourth-order valence-electron chi connectivity index (χ4n) is 2.08. The van der Waals surface area contributed by atoms with Crippen molar-refractivity contribution in [3.05, 3.63) is 60.2 Å². The minimum Gasteiger partial charge on any atom is -0.496 e. The van der Waals surface area contributed by atoms with E-state index < -0.39 is 5.97 Å². The first-order valence-corrected chi connectivity index (χ1v) is 8.77. The third kappa shape index (κ3) is 5.69. The molecule has 0 saturated heterocycles. The number of benzene rings is 2. The lowest BCUT2D eigenvalue weighted by molar-refractivity contribution is -0.142. The highest BCUT2D eigenvalue weighted by Crippen LogP contribution is 2.24. The van der Waals surface area contributed by atoms with E-state index in [2.05, 4.69) is 5.32 Å². The number of rotatable bonds is 7. The summed E-state index contributed by atoms with van der Waals surface area (Å²) in [5.41, 5.74) is 1.45. The molecule has 0 aliphatic heterocycles. The predicted octanol–water partition coefficient (Wildman–Crippen LogP) is 3.61. The molecule has 0 unspecified atom stereocenters. The highest BCUT2D eigenvalue weighted by Gasteiger charge is 2.08. The molecule has 25 heavy (non-hydrogen) atoms. The van der Waals surface area contributed by atoms with Gasteiger partial charge in [0.15, 0.2) is 6.61 Å². The second-order valence-corrected chi connectivity index (χ2v) is 5.78. The van der Waals surface area contributed by atoms with Crippen molar-refractivity contribution in [2.75, 3.05) is 25.3 Å². The monoisotopic (exact) mass is 357 g/mol. The number of amides is 1. The molecule has 0 bridgehead atoms. The van der Waals surface area contributed by atoms with Crippen molar-refractivity contribution in [3.8, 4) is 5.75 Å². The van der Waals surface area contributed by atoms with Crippen molar-refractivity contribution in [2.45, 2.75) is 4.90 Å². The third-order valence-electron chi connectivity index (χ3n) is 3.26. The van der Waals surface area contributed by atoms with Crippen LogP contribution in [0.5, 0.6) is 5.75 Å². The predicted molar refractivity (Wildman–Crippen MR) is 99.8 cm³/mol. The number of esters is 1. The van der Waals surface area contributed by atoms with Gasteiger partial charge in [0.05, 0.1) is 12.8 Å². The number of thioether (sulfide) groups is 1. The second kappa shape index (κ2) is 9.54. The lowest BCUT2D eigenvalue weighted by Gasteiger charge is -2.09. The zero-order valence-corrected chi connectivity index (χ0v) is 14.8. The fraction of sp³-hybridized carbons (Fsp3) is 0.158. The molecule has 0 aliphatic carbocycles. The molecule has 0 fully saturated rings. The highest BCUT2D eigenvalue weighted by molar-refractivity contribution is 7.98. The standard InChI is InChI=1S/C19H19NO4S/c1-23-16-9-5-3-7-14(16)11-12-19(22)24-13-18(21)20-15-8-4-6-10-17(15)25-2/h3-12H,13H2,1-2H3,(H,20,21)/b12-11+. The van der Waals surface area contributed by atoms with Crippen molar-refractivity contribution >= 4 is 35.4 Å². The zero-order chi connectivity index (χ0) is 18.1. The first-order chi connectivity index (χ1) is 12.1. The summed E-state index contributed by atoms with van der Waals surface area (Å²) < 4.78 is 10.2. The molecule has 2 aromatic rings. The molecule has 0 spiro atoms. The van der Waals surface area contributed by atoms with Gasteiger partial charge in [0.2, 0.25) is 0 Å². The maximum Gasteiger partial charge on any atom is 0.331 e. The Bertz CT molecular complexity index is 774. The Morgan fingerprint density at radius 3 is 2.60 bits per heavy atom. The molecule has 1 amide bonds. The average Bonchev–Trinajstić information content (AvgIpc) is 2.65. The van der Waals surface area contributed by atoms with Crippen LogP contribution < -0.4 is 10.1 Å². The van der Waals surface area contributed by atoms with E-state index in [1.54, 1.807) is 25.3 Å².